The van der Waals surface area contributed by atoms with Gasteiger partial charge in [0.15, 0.2) is 11.5 Å². The van der Waals surface area contributed by atoms with Gasteiger partial charge < -0.3 is 14.5 Å². The highest BCUT2D eigenvalue weighted by Crippen LogP contribution is 2.34. The number of fused-ring (bicyclic) bond motifs is 2. The molecule has 1 aliphatic rings. The summed E-state index contributed by atoms with van der Waals surface area (Å²) in [6.45, 7) is 5.38. The second-order valence-corrected chi connectivity index (χ2v) is 5.47. The van der Waals surface area contributed by atoms with Gasteiger partial charge in [-0.25, -0.2) is 4.98 Å². The topological polar surface area (TPSA) is 47.1 Å². The Kier molecular flexibility index (Phi) is 2.64. The van der Waals surface area contributed by atoms with Crippen LogP contribution in [0.4, 0.5) is 0 Å². The second-order valence-electron chi connectivity index (χ2n) is 5.47. The molecule has 106 valence electrons. The van der Waals surface area contributed by atoms with Crippen LogP contribution >= 0.6 is 0 Å². The molecule has 2 aromatic carbocycles. The van der Waals surface area contributed by atoms with Gasteiger partial charge in [0.05, 0.1) is 11.0 Å². The Hall–Kier alpha value is -2.49. The molecule has 1 aromatic heterocycles. The van der Waals surface area contributed by atoms with Gasteiger partial charge >= 0.3 is 0 Å². The van der Waals surface area contributed by atoms with Crippen molar-refractivity contribution < 1.29 is 9.47 Å². The maximum atomic E-state index is 5.61. The van der Waals surface area contributed by atoms with Gasteiger partial charge in [0.1, 0.15) is 19.0 Å². The molecule has 2 heterocycles. The summed E-state index contributed by atoms with van der Waals surface area (Å²) in [6, 6.07) is 10.3. The van der Waals surface area contributed by atoms with Gasteiger partial charge in [0.25, 0.3) is 0 Å². The third-order valence-electron chi connectivity index (χ3n) is 3.64. The van der Waals surface area contributed by atoms with Gasteiger partial charge in [-0.2, -0.15) is 0 Å². The summed E-state index contributed by atoms with van der Waals surface area (Å²) in [7, 11) is 0. The normalized spacial score (nSPS) is 13.6. The first-order valence-electron chi connectivity index (χ1n) is 7.07. The van der Waals surface area contributed by atoms with Crippen molar-refractivity contribution in [3.63, 3.8) is 0 Å². The third kappa shape index (κ3) is 2.13. The molecule has 0 unspecified atom stereocenters. The van der Waals surface area contributed by atoms with E-state index in [1.54, 1.807) is 0 Å². The molecule has 0 amide bonds. The lowest BCUT2D eigenvalue weighted by Gasteiger charge is -2.17. The summed E-state index contributed by atoms with van der Waals surface area (Å²) in [5.41, 5.74) is 5.43. The summed E-state index contributed by atoms with van der Waals surface area (Å²) in [5.74, 6) is 2.43. The summed E-state index contributed by atoms with van der Waals surface area (Å²) < 4.78 is 11.2. The zero-order valence-corrected chi connectivity index (χ0v) is 12.1. The van der Waals surface area contributed by atoms with E-state index < -0.39 is 0 Å². The monoisotopic (exact) mass is 280 g/mol. The third-order valence-corrected chi connectivity index (χ3v) is 3.64. The van der Waals surface area contributed by atoms with Gasteiger partial charge in [0.2, 0.25) is 0 Å². The minimum Gasteiger partial charge on any atom is -0.486 e. The minimum absolute atomic E-state index is 0.590. The van der Waals surface area contributed by atoms with Crippen LogP contribution in [0.2, 0.25) is 0 Å². The number of ether oxygens (including phenoxy) is 2. The van der Waals surface area contributed by atoms with Crippen molar-refractivity contribution in [2.45, 2.75) is 13.8 Å². The van der Waals surface area contributed by atoms with Gasteiger partial charge in [-0.1, -0.05) is 17.2 Å². The first kappa shape index (κ1) is 12.3. The van der Waals surface area contributed by atoms with Crippen LogP contribution in [0.3, 0.4) is 0 Å². The number of nitrogens with zero attached hydrogens (tertiary/aromatic N) is 1. The van der Waals surface area contributed by atoms with Gasteiger partial charge in [-0.05, 0) is 26.0 Å². The molecule has 0 atom stereocenters. The molecule has 4 heteroatoms. The van der Waals surface area contributed by atoms with Crippen LogP contribution in [-0.4, -0.2) is 23.2 Å². The van der Waals surface area contributed by atoms with Crippen LogP contribution in [-0.2, 0) is 0 Å². The van der Waals surface area contributed by atoms with Crippen molar-refractivity contribution in [2.75, 3.05) is 13.2 Å². The lowest BCUT2D eigenvalue weighted by atomic mass is 10.1. The van der Waals surface area contributed by atoms with E-state index in [2.05, 4.69) is 42.0 Å². The lowest BCUT2D eigenvalue weighted by molar-refractivity contribution is 0.172. The van der Waals surface area contributed by atoms with Crippen LogP contribution in [0.1, 0.15) is 11.1 Å². The van der Waals surface area contributed by atoms with Crippen LogP contribution in [0, 0.1) is 13.8 Å². The van der Waals surface area contributed by atoms with Crippen molar-refractivity contribution in [1.82, 2.24) is 9.97 Å². The lowest BCUT2D eigenvalue weighted by Crippen LogP contribution is -2.15. The van der Waals surface area contributed by atoms with E-state index in [1.807, 2.05) is 12.1 Å². The predicted molar refractivity (Wildman–Crippen MR) is 82.0 cm³/mol. The maximum Gasteiger partial charge on any atom is 0.163 e. The zero-order chi connectivity index (χ0) is 14.4. The fraction of sp³-hybridized carbons (Fsp3) is 0.235. The molecule has 0 saturated carbocycles. The molecule has 0 fully saturated rings. The van der Waals surface area contributed by atoms with Crippen LogP contribution in [0.15, 0.2) is 30.3 Å². The molecular formula is C17H16N2O2. The molecule has 4 nitrogen and oxygen atoms in total. The molecule has 4 rings (SSSR count). The fourth-order valence-corrected chi connectivity index (χ4v) is 2.79. The molecule has 1 aliphatic heterocycles. The predicted octanol–water partition coefficient (Wildman–Crippen LogP) is 3.62. The van der Waals surface area contributed by atoms with Crippen LogP contribution in [0.25, 0.3) is 22.4 Å². The van der Waals surface area contributed by atoms with E-state index in [0.717, 1.165) is 33.9 Å². The van der Waals surface area contributed by atoms with E-state index in [4.69, 9.17) is 9.47 Å². The number of H-pyrrole nitrogens is 1. The van der Waals surface area contributed by atoms with Gasteiger partial charge in [-0.15, -0.1) is 0 Å². The van der Waals surface area contributed by atoms with E-state index in [9.17, 15) is 0 Å². The fourth-order valence-electron chi connectivity index (χ4n) is 2.79. The molecular weight excluding hydrogens is 264 g/mol. The van der Waals surface area contributed by atoms with Gasteiger partial charge in [-0.3, -0.25) is 0 Å². The summed E-state index contributed by atoms with van der Waals surface area (Å²) in [5, 5.41) is 0. The zero-order valence-electron chi connectivity index (χ0n) is 12.1. The molecule has 3 aromatic rings. The molecule has 0 spiro atoms. The van der Waals surface area contributed by atoms with Gasteiger partial charge in [0, 0.05) is 17.7 Å². The number of aromatic nitrogens is 2. The number of imidazole rings is 1. The number of hydrogen-bond acceptors (Lipinski definition) is 3. The highest BCUT2D eigenvalue weighted by Gasteiger charge is 2.15. The number of aromatic amines is 1. The SMILES string of the molecule is Cc1cc(C)cc(-c2nc3cc4c(cc3[nH]2)OCCO4)c1. The Balaban J connectivity index is 1.86. The van der Waals surface area contributed by atoms with Crippen molar-refractivity contribution in [2.24, 2.45) is 0 Å². The Bertz CT molecular complexity index is 773. The van der Waals surface area contributed by atoms with E-state index in [1.165, 1.54) is 11.1 Å². The summed E-state index contributed by atoms with van der Waals surface area (Å²) in [4.78, 5) is 8.05. The molecule has 0 bridgehead atoms. The first-order valence-corrected chi connectivity index (χ1v) is 7.07. The van der Waals surface area contributed by atoms with Crippen molar-refractivity contribution in [3.05, 3.63) is 41.5 Å². The Labute approximate surface area is 122 Å². The average Bonchev–Trinajstić information content (AvgIpc) is 2.86. The Morgan fingerprint density at radius 3 is 2.29 bits per heavy atom. The van der Waals surface area contributed by atoms with Crippen LogP contribution < -0.4 is 9.47 Å². The molecule has 0 saturated heterocycles. The van der Waals surface area contributed by atoms with Crippen LogP contribution in [0.5, 0.6) is 11.5 Å². The summed E-state index contributed by atoms with van der Waals surface area (Å²) >= 11 is 0. The molecule has 21 heavy (non-hydrogen) atoms. The maximum absolute atomic E-state index is 5.61. The number of aryl methyl sites for hydroxylation is 2. The summed E-state index contributed by atoms with van der Waals surface area (Å²) in [6.07, 6.45) is 0. The average molecular weight is 280 g/mol. The highest BCUT2D eigenvalue weighted by atomic mass is 16.6. The molecule has 0 radical (unpaired) electrons. The van der Waals surface area contributed by atoms with Crippen molar-refractivity contribution in [1.29, 1.82) is 0 Å². The molecule has 0 aliphatic carbocycles. The Morgan fingerprint density at radius 2 is 1.57 bits per heavy atom. The smallest absolute Gasteiger partial charge is 0.163 e. The first-order chi connectivity index (χ1) is 10.2. The highest BCUT2D eigenvalue weighted by molar-refractivity contribution is 5.83. The number of rotatable bonds is 1. The van der Waals surface area contributed by atoms with E-state index in [0.29, 0.717) is 13.2 Å². The second kappa shape index (κ2) is 4.52. The molecule has 1 N–H and O–H groups in total. The largest absolute Gasteiger partial charge is 0.486 e. The van der Waals surface area contributed by atoms with E-state index >= 15 is 0 Å². The number of hydrogen-bond donors (Lipinski definition) is 1. The Morgan fingerprint density at radius 1 is 0.905 bits per heavy atom. The van der Waals surface area contributed by atoms with Crippen molar-refractivity contribution in [3.8, 4) is 22.9 Å². The van der Waals surface area contributed by atoms with Crippen molar-refractivity contribution >= 4 is 11.0 Å². The standard InChI is InChI=1S/C17H16N2O2/c1-10-5-11(2)7-12(6-10)17-18-13-8-15-16(9-14(13)19-17)21-4-3-20-15/h5-9H,3-4H2,1-2H3,(H,18,19). The quantitative estimate of drug-likeness (QED) is 0.740. The van der Waals surface area contributed by atoms with E-state index in [-0.39, 0.29) is 0 Å². The minimum atomic E-state index is 0.590. The number of benzene rings is 2. The number of nitrogens with one attached hydrogen (secondary N) is 1.